The van der Waals surface area contributed by atoms with Crippen LogP contribution in [-0.4, -0.2) is 121 Å². The molecule has 2 spiro atoms. The molecule has 0 amide bonds. The zero-order valence-electron chi connectivity index (χ0n) is 60.1. The van der Waals surface area contributed by atoms with Crippen molar-refractivity contribution < 1.29 is 106 Å². The number of hydrogen-bond donors (Lipinski definition) is 2. The Bertz CT molecular complexity index is 4270. The number of anilines is 2. The highest BCUT2D eigenvalue weighted by atomic mass is 127. The van der Waals surface area contributed by atoms with Crippen LogP contribution in [0.15, 0.2) is 103 Å². The number of rotatable bonds is 11. The van der Waals surface area contributed by atoms with E-state index in [0.717, 1.165) is 51.9 Å². The van der Waals surface area contributed by atoms with Crippen molar-refractivity contribution in [2.24, 2.45) is 5.41 Å². The maximum Gasteiger partial charge on any atom is 0.327 e. The third-order valence-corrected chi connectivity index (χ3v) is 20.6. The molecule has 0 fully saturated rings. The Hall–Kier alpha value is -8.68. The van der Waals surface area contributed by atoms with Crippen LogP contribution >= 0.6 is 47.8 Å². The fraction of sp³-hybridized carbons (Fsp3) is 0.384. The number of phenolic OH excluding ortho intramolecular Hbond substituents is 2. The van der Waals surface area contributed by atoms with Gasteiger partial charge in [-0.3, -0.25) is 49.5 Å². The molecule has 5 heterocycles. The molecule has 6 aromatic rings. The summed E-state index contributed by atoms with van der Waals surface area (Å²) in [6, 6.07) is 24.9. The molecule has 2 unspecified atom stereocenters. The first-order chi connectivity index (χ1) is 46.6. The molecule has 546 valence electrons. The Balaban J connectivity index is 0.000000220. The van der Waals surface area contributed by atoms with Crippen LogP contribution in [0.4, 0.5) is 34.1 Å². The molecule has 0 aliphatic carbocycles. The van der Waals surface area contributed by atoms with Crippen LogP contribution < -0.4 is 66.9 Å². The molecule has 102 heavy (non-hydrogen) atoms. The number of benzene rings is 6. The highest BCUT2D eigenvalue weighted by molar-refractivity contribution is 9.20. The van der Waals surface area contributed by atoms with Crippen molar-refractivity contribution in [1.29, 1.82) is 0 Å². The summed E-state index contributed by atoms with van der Waals surface area (Å²) in [4.78, 5) is 81.4. The van der Waals surface area contributed by atoms with Gasteiger partial charge in [0.25, 0.3) is 17.1 Å². The van der Waals surface area contributed by atoms with Crippen LogP contribution in [0, 0.1) is 35.8 Å². The Morgan fingerprint density at radius 3 is 1.31 bits per heavy atom. The first-order valence-electron chi connectivity index (χ1n) is 31.3. The number of carbonyl (C=O) groups is 4. The van der Waals surface area contributed by atoms with E-state index in [1.807, 2.05) is 78.5 Å². The van der Waals surface area contributed by atoms with Crippen molar-refractivity contribution in [3.05, 3.63) is 167 Å². The number of likely N-dealkylation sites (N-methyl/N-ethyl adjacent to an activating group) is 2. The van der Waals surface area contributed by atoms with Gasteiger partial charge in [-0.2, -0.15) is 0 Å². The maximum atomic E-state index is 12.7. The summed E-state index contributed by atoms with van der Waals surface area (Å²) in [5.41, 5.74) is 4.15. The Morgan fingerprint density at radius 2 is 0.961 bits per heavy atom. The number of alkyl halides is 2. The molecule has 2 atom stereocenters. The van der Waals surface area contributed by atoms with Gasteiger partial charge in [0.2, 0.25) is 21.8 Å². The Labute approximate surface area is 633 Å². The molecule has 0 bridgehead atoms. The van der Waals surface area contributed by atoms with E-state index in [2.05, 4.69) is 120 Å². The number of nitro benzene ring substituents is 3. The summed E-state index contributed by atoms with van der Waals surface area (Å²) >= 11 is 9.24. The number of hydrogen-bond acceptors (Lipinski definition) is 21. The van der Waals surface area contributed by atoms with Crippen molar-refractivity contribution in [3.63, 3.8) is 0 Å². The van der Waals surface area contributed by atoms with Crippen molar-refractivity contribution in [2.45, 2.75) is 133 Å². The molecule has 25 nitrogen and oxygen atoms in total. The second kappa shape index (κ2) is 30.3. The zero-order valence-corrected chi connectivity index (χ0v) is 67.0. The smallest absolute Gasteiger partial charge is 0.327 e. The molecule has 0 radical (unpaired) electrons. The minimum atomic E-state index is -0.983. The fourth-order valence-corrected chi connectivity index (χ4v) is 11.9. The number of halogens is 4. The van der Waals surface area contributed by atoms with E-state index in [-0.39, 0.29) is 74.6 Å². The van der Waals surface area contributed by atoms with Gasteiger partial charge in [0.1, 0.15) is 28.6 Å². The molecule has 0 saturated heterocycles. The van der Waals surface area contributed by atoms with E-state index in [1.165, 1.54) is 41.2 Å². The lowest BCUT2D eigenvalue weighted by Gasteiger charge is -2.45. The molecule has 6 aromatic carbocycles. The number of methoxy groups -OCH3 is 3. The second-order valence-electron chi connectivity index (χ2n) is 27.8. The van der Waals surface area contributed by atoms with Crippen LogP contribution in [-0.2, 0) is 30.6 Å². The lowest BCUT2D eigenvalue weighted by Crippen LogP contribution is -3.00. The molecule has 5 aliphatic heterocycles. The first kappa shape index (κ1) is 82.3. The molecule has 0 aromatic heterocycles. The summed E-state index contributed by atoms with van der Waals surface area (Å²) in [5.74, 6) is 0.558. The van der Waals surface area contributed by atoms with Crippen LogP contribution in [0.1, 0.15) is 135 Å². The van der Waals surface area contributed by atoms with Crippen molar-refractivity contribution in [3.8, 4) is 51.7 Å². The predicted octanol–water partition coefficient (Wildman–Crippen LogP) is 12.9. The molecule has 11 rings (SSSR count). The van der Waals surface area contributed by atoms with Gasteiger partial charge in [-0.05, 0) is 190 Å². The number of fused-ring (bicyclic) bond motifs is 5. The van der Waals surface area contributed by atoms with Crippen LogP contribution in [0.25, 0.3) is 12.2 Å². The normalized spacial score (nSPS) is 17.7. The SMILES string of the molecule is CC(C)(Br)C(=O)Br.COc1ccc2c(c1)C(C)(C)C(C)=[N+]2C.COc1ccc2c(c1)C(C)(C)C1(C=Cc3cc([N+](=O)[O-])cc(OC(=O)C(C)(C)Br)c3O1)N2C.COc1ccc2c(c1)C(C)(C)C1(C=Cc3cc([N+](=O)[O-])cc(OC(=O)C(C)(C)C)c3O1)N2C.O=Cc1cc([N+](=O)[O-])cc(O)c1O.[I-]. The Morgan fingerprint density at radius 1 is 0.588 bits per heavy atom. The third kappa shape index (κ3) is 15.9. The van der Waals surface area contributed by atoms with E-state index >= 15 is 0 Å². The largest absolute Gasteiger partial charge is 1.00 e. The topological polar surface area (TPSA) is 312 Å². The van der Waals surface area contributed by atoms with Crippen LogP contribution in [0.5, 0.6) is 51.7 Å². The molecule has 29 heteroatoms. The number of carbonyl (C=O) groups excluding carboxylic acids is 4. The van der Waals surface area contributed by atoms with Crippen LogP contribution in [0.2, 0.25) is 0 Å². The van der Waals surface area contributed by atoms with Gasteiger partial charge >= 0.3 is 11.9 Å². The number of ether oxygens (including phenoxy) is 7. The number of esters is 2. The highest BCUT2D eigenvalue weighted by Gasteiger charge is 2.60. The molecule has 2 N–H and O–H groups in total. The van der Waals surface area contributed by atoms with Gasteiger partial charge in [-0.25, -0.2) is 4.58 Å². The number of non-ortho nitro benzene ring substituents is 3. The average Bonchev–Trinajstić information content (AvgIpc) is 1.54. The summed E-state index contributed by atoms with van der Waals surface area (Å²) in [6.07, 6.45) is 7.60. The first-order valence-corrected chi connectivity index (χ1v) is 33.7. The number of aromatic hydroxyl groups is 2. The highest BCUT2D eigenvalue weighted by Crippen LogP contribution is 2.59. The van der Waals surface area contributed by atoms with Crippen LogP contribution in [0.3, 0.4) is 0 Å². The predicted molar refractivity (Wildman–Crippen MR) is 395 cm³/mol. The second-order valence-corrected chi connectivity index (χ2v) is 32.5. The molecular formula is C73H82Br3IN6O19. The van der Waals surface area contributed by atoms with Gasteiger partial charge in [0.05, 0.1) is 85.8 Å². The number of phenols is 2. The maximum absolute atomic E-state index is 12.7. The summed E-state index contributed by atoms with van der Waals surface area (Å²) in [6.45, 7) is 26.9. The van der Waals surface area contributed by atoms with Gasteiger partial charge in [-0.1, -0.05) is 31.9 Å². The summed E-state index contributed by atoms with van der Waals surface area (Å²) in [7, 11) is 10.9. The monoisotopic (exact) mass is 1710 g/mol. The lowest BCUT2D eigenvalue weighted by molar-refractivity contribution is -0.403. The molecular weight excluding hydrogens is 1630 g/mol. The van der Waals surface area contributed by atoms with E-state index < -0.39 is 80.2 Å². The van der Waals surface area contributed by atoms with Crippen molar-refractivity contribution in [1.82, 2.24) is 0 Å². The number of aldehydes is 1. The number of nitro groups is 3. The molecule has 0 saturated carbocycles. The van der Waals surface area contributed by atoms with Gasteiger partial charge < -0.3 is 77.1 Å². The number of nitrogens with zero attached hydrogens (tertiary/aromatic N) is 6. The summed E-state index contributed by atoms with van der Waals surface area (Å²) < 4.78 is 41.5. The fourth-order valence-electron chi connectivity index (χ4n) is 11.8. The Kier molecular flexibility index (Phi) is 24.5. The minimum Gasteiger partial charge on any atom is -1.00 e. The zero-order chi connectivity index (χ0) is 76.0. The van der Waals surface area contributed by atoms with Crippen molar-refractivity contribution >= 4 is 123 Å². The average molecular weight is 1710 g/mol. The standard InChI is InChI=1S/C25H28N2O6.C24H25BrN2O6.C13H18NO.C7H5NO5.C4H6Br2O.HI/c1-23(2,3)22(28)32-20-13-16(27(29)30)12-15-10-11-25(33-21(15)20)24(4,5)18-14-17(31-7)8-9-19(18)26(25)6;1-22(2)17-13-16(31-6)7-8-18(17)26(5)24(22)10-9-14-11-15(27(29)30)12-19(20(14)33-24)32-21(28)23(3,4)25;1-9-13(2,3)11-8-10(15-5)6-7-12(11)14(9)4;9-3-4-1-5(8(12)13)2-6(10)7(4)11;1-4(2,6)3(5)7;/h8-14H,1-7H3;7-13H,1-6H3;6-8H,1-5H3;1-3,10-11H;1-2H3;1H/q;;+1;;;/p-1. The summed E-state index contributed by atoms with van der Waals surface area (Å²) in [5, 5.41) is 51.2. The van der Waals surface area contributed by atoms with E-state index in [4.69, 9.17) is 43.4 Å². The third-order valence-electron chi connectivity index (χ3n) is 18.4. The van der Waals surface area contributed by atoms with Gasteiger partial charge in [0, 0.05) is 73.3 Å². The van der Waals surface area contributed by atoms with Crippen molar-refractivity contribution in [2.75, 3.05) is 52.3 Å². The van der Waals surface area contributed by atoms with E-state index in [0.29, 0.717) is 16.9 Å². The van der Waals surface area contributed by atoms with E-state index in [9.17, 15) is 49.5 Å². The minimum absolute atomic E-state index is 0. The lowest BCUT2D eigenvalue weighted by atomic mass is 9.76. The molecule has 5 aliphatic rings. The van der Waals surface area contributed by atoms with E-state index in [1.54, 1.807) is 81.9 Å². The van der Waals surface area contributed by atoms with Gasteiger partial charge in [-0.15, -0.1) is 0 Å². The van der Waals surface area contributed by atoms with Gasteiger partial charge in [0.15, 0.2) is 46.5 Å². The quantitative estimate of drug-likeness (QED) is 0.0116.